The van der Waals surface area contributed by atoms with Crippen molar-refractivity contribution in [3.63, 3.8) is 0 Å². The molecule has 1 heterocycles. The Morgan fingerprint density at radius 3 is 2.63 bits per heavy atom. The quantitative estimate of drug-likeness (QED) is 0.690. The predicted octanol–water partition coefficient (Wildman–Crippen LogP) is 2.36. The Labute approximate surface area is 156 Å². The first-order chi connectivity index (χ1) is 13.0. The molecule has 0 spiro atoms. The van der Waals surface area contributed by atoms with Gasteiger partial charge in [-0.3, -0.25) is 9.36 Å². The van der Waals surface area contributed by atoms with Crippen molar-refractivity contribution in [1.82, 2.24) is 9.88 Å². The van der Waals surface area contributed by atoms with Crippen LogP contribution < -0.4 is 20.5 Å². The lowest BCUT2D eigenvalue weighted by molar-refractivity contribution is -0.121. The molecule has 7 nitrogen and oxygen atoms in total. The number of nitrogens with one attached hydrogen (secondary N) is 1. The number of ether oxygens (including phenoxy) is 2. The van der Waals surface area contributed by atoms with E-state index in [9.17, 15) is 9.59 Å². The van der Waals surface area contributed by atoms with E-state index in [2.05, 4.69) is 5.32 Å². The molecule has 2 aromatic carbocycles. The number of oxazole rings is 1. The third kappa shape index (κ3) is 4.13. The Hall–Kier alpha value is -3.22. The Balaban J connectivity index is 1.65. The van der Waals surface area contributed by atoms with Gasteiger partial charge in [-0.15, -0.1) is 0 Å². The number of methoxy groups -OCH3 is 2. The minimum Gasteiger partial charge on any atom is -0.493 e. The lowest BCUT2D eigenvalue weighted by atomic mass is 10.1. The summed E-state index contributed by atoms with van der Waals surface area (Å²) in [6.07, 6.45) is 0.200. The zero-order chi connectivity index (χ0) is 19.4. The summed E-state index contributed by atoms with van der Waals surface area (Å²) < 4.78 is 17.2. The van der Waals surface area contributed by atoms with Gasteiger partial charge < -0.3 is 19.2 Å². The SMILES string of the molecule is COc1ccc(CC(=O)N[C@@H](C)Cn2c(=O)oc3ccccc32)cc1OC. The zero-order valence-corrected chi connectivity index (χ0v) is 15.5. The number of carbonyl (C=O) groups excluding carboxylic acids is 1. The van der Waals surface area contributed by atoms with Crippen molar-refractivity contribution >= 4 is 17.0 Å². The van der Waals surface area contributed by atoms with E-state index in [1.54, 1.807) is 32.4 Å². The smallest absolute Gasteiger partial charge is 0.420 e. The van der Waals surface area contributed by atoms with Crippen LogP contribution in [0.3, 0.4) is 0 Å². The van der Waals surface area contributed by atoms with Crippen LogP contribution in [-0.2, 0) is 17.8 Å². The van der Waals surface area contributed by atoms with Gasteiger partial charge in [0.25, 0.3) is 0 Å². The first-order valence-corrected chi connectivity index (χ1v) is 8.60. The molecule has 0 aliphatic heterocycles. The van der Waals surface area contributed by atoms with Crippen molar-refractivity contribution < 1.29 is 18.7 Å². The lowest BCUT2D eigenvalue weighted by Crippen LogP contribution is -2.38. The summed E-state index contributed by atoms with van der Waals surface area (Å²) in [4.78, 5) is 24.4. The second-order valence-electron chi connectivity index (χ2n) is 6.28. The van der Waals surface area contributed by atoms with Crippen LogP contribution in [0, 0.1) is 0 Å². The number of nitrogens with zero attached hydrogens (tertiary/aromatic N) is 1. The van der Waals surface area contributed by atoms with Crippen molar-refractivity contribution in [2.24, 2.45) is 0 Å². The second-order valence-corrected chi connectivity index (χ2v) is 6.28. The van der Waals surface area contributed by atoms with Crippen LogP contribution in [0.15, 0.2) is 51.7 Å². The molecule has 0 saturated heterocycles. The lowest BCUT2D eigenvalue weighted by Gasteiger charge is -2.15. The summed E-state index contributed by atoms with van der Waals surface area (Å²) in [5.74, 6) is 0.612. The van der Waals surface area contributed by atoms with Gasteiger partial charge in [-0.05, 0) is 36.8 Å². The fourth-order valence-electron chi connectivity index (χ4n) is 3.01. The number of fused-ring (bicyclic) bond motifs is 1. The number of hydrogen-bond acceptors (Lipinski definition) is 5. The van der Waals surface area contributed by atoms with Crippen LogP contribution >= 0.6 is 0 Å². The molecule has 0 aliphatic carbocycles. The third-order valence-corrected chi connectivity index (χ3v) is 4.25. The molecular weight excluding hydrogens is 348 g/mol. The number of benzene rings is 2. The molecule has 3 rings (SSSR count). The molecule has 0 unspecified atom stereocenters. The molecule has 1 atom stereocenters. The van der Waals surface area contributed by atoms with Crippen LogP contribution in [0.4, 0.5) is 0 Å². The highest BCUT2D eigenvalue weighted by Gasteiger charge is 2.14. The molecule has 27 heavy (non-hydrogen) atoms. The molecule has 0 saturated carbocycles. The fourth-order valence-corrected chi connectivity index (χ4v) is 3.01. The topological polar surface area (TPSA) is 82.7 Å². The summed E-state index contributed by atoms with van der Waals surface area (Å²) in [6, 6.07) is 12.3. The molecule has 1 aromatic heterocycles. The first kappa shape index (κ1) is 18.6. The van der Waals surface area contributed by atoms with Gasteiger partial charge in [-0.25, -0.2) is 4.79 Å². The van der Waals surface area contributed by atoms with Crippen LogP contribution in [0.5, 0.6) is 11.5 Å². The predicted molar refractivity (Wildman–Crippen MR) is 101 cm³/mol. The molecule has 7 heteroatoms. The van der Waals surface area contributed by atoms with Gasteiger partial charge in [-0.1, -0.05) is 18.2 Å². The maximum absolute atomic E-state index is 12.4. The summed E-state index contributed by atoms with van der Waals surface area (Å²) >= 11 is 0. The van der Waals surface area contributed by atoms with E-state index in [4.69, 9.17) is 13.9 Å². The van der Waals surface area contributed by atoms with Crippen molar-refractivity contribution in [2.45, 2.75) is 25.9 Å². The average Bonchev–Trinajstić information content (AvgIpc) is 2.96. The Kier molecular flexibility index (Phi) is 5.49. The van der Waals surface area contributed by atoms with E-state index >= 15 is 0 Å². The van der Waals surface area contributed by atoms with Crippen molar-refractivity contribution in [3.05, 3.63) is 58.6 Å². The van der Waals surface area contributed by atoms with Crippen molar-refractivity contribution in [1.29, 1.82) is 0 Å². The molecule has 0 bridgehead atoms. The minimum absolute atomic E-state index is 0.143. The third-order valence-electron chi connectivity index (χ3n) is 4.25. The summed E-state index contributed by atoms with van der Waals surface area (Å²) in [5.41, 5.74) is 2.05. The van der Waals surface area contributed by atoms with Gasteiger partial charge in [0.05, 0.1) is 26.2 Å². The number of para-hydroxylation sites is 2. The normalized spacial score (nSPS) is 12.0. The number of carbonyl (C=O) groups is 1. The molecule has 0 fully saturated rings. The van der Waals surface area contributed by atoms with Crippen molar-refractivity contribution in [2.75, 3.05) is 14.2 Å². The average molecular weight is 370 g/mol. The highest BCUT2D eigenvalue weighted by molar-refractivity contribution is 5.79. The monoisotopic (exact) mass is 370 g/mol. The van der Waals surface area contributed by atoms with E-state index in [0.717, 1.165) is 5.56 Å². The van der Waals surface area contributed by atoms with E-state index in [1.807, 2.05) is 31.2 Å². The number of hydrogen-bond donors (Lipinski definition) is 1. The van der Waals surface area contributed by atoms with E-state index in [1.165, 1.54) is 4.57 Å². The van der Waals surface area contributed by atoms with Gasteiger partial charge >= 0.3 is 5.76 Å². The Morgan fingerprint density at radius 2 is 1.89 bits per heavy atom. The molecule has 1 amide bonds. The van der Waals surface area contributed by atoms with Gasteiger partial charge in [0, 0.05) is 12.6 Å². The first-order valence-electron chi connectivity index (χ1n) is 8.60. The largest absolute Gasteiger partial charge is 0.493 e. The zero-order valence-electron chi connectivity index (χ0n) is 15.5. The van der Waals surface area contributed by atoms with E-state index < -0.39 is 5.76 Å². The molecular formula is C20H22N2O5. The summed E-state index contributed by atoms with van der Waals surface area (Å²) in [5, 5.41) is 2.91. The Morgan fingerprint density at radius 1 is 1.15 bits per heavy atom. The van der Waals surface area contributed by atoms with Gasteiger partial charge in [0.15, 0.2) is 17.1 Å². The van der Waals surface area contributed by atoms with E-state index in [-0.39, 0.29) is 18.4 Å². The van der Waals surface area contributed by atoms with Gasteiger partial charge in [-0.2, -0.15) is 0 Å². The van der Waals surface area contributed by atoms with Crippen LogP contribution in [0.2, 0.25) is 0 Å². The molecule has 0 radical (unpaired) electrons. The number of aromatic nitrogens is 1. The molecule has 142 valence electrons. The second kappa shape index (κ2) is 7.99. The highest BCUT2D eigenvalue weighted by atomic mass is 16.5. The fraction of sp³-hybridized carbons (Fsp3) is 0.300. The van der Waals surface area contributed by atoms with Crippen molar-refractivity contribution in [3.8, 4) is 11.5 Å². The molecule has 1 N–H and O–H groups in total. The maximum atomic E-state index is 12.4. The highest BCUT2D eigenvalue weighted by Crippen LogP contribution is 2.27. The minimum atomic E-state index is -0.433. The van der Waals surface area contributed by atoms with Gasteiger partial charge in [0.1, 0.15) is 0 Å². The van der Waals surface area contributed by atoms with Crippen LogP contribution in [-0.4, -0.2) is 30.7 Å². The van der Waals surface area contributed by atoms with Gasteiger partial charge in [0.2, 0.25) is 5.91 Å². The number of rotatable bonds is 7. The van der Waals surface area contributed by atoms with Crippen LogP contribution in [0.1, 0.15) is 12.5 Å². The molecule has 0 aliphatic rings. The molecule has 3 aromatic rings. The Bertz CT molecular complexity index is 1010. The summed E-state index contributed by atoms with van der Waals surface area (Å²) in [7, 11) is 3.12. The maximum Gasteiger partial charge on any atom is 0.420 e. The summed E-state index contributed by atoms with van der Waals surface area (Å²) in [6.45, 7) is 2.17. The van der Waals surface area contributed by atoms with E-state index in [0.29, 0.717) is 29.1 Å². The number of amides is 1. The standard InChI is InChI=1S/C20H22N2O5/c1-13(12-22-15-6-4-5-7-16(15)27-20(22)24)21-19(23)11-14-8-9-17(25-2)18(10-14)26-3/h4-10,13H,11-12H2,1-3H3,(H,21,23)/t13-/m0/s1. The van der Waals surface area contributed by atoms with Crippen LogP contribution in [0.25, 0.3) is 11.1 Å².